The second kappa shape index (κ2) is 10.1. The van der Waals surface area contributed by atoms with E-state index >= 15 is 0 Å². The van der Waals surface area contributed by atoms with Gasteiger partial charge in [-0.05, 0) is 47.6 Å². The molecule has 142 valence electrons. The van der Waals surface area contributed by atoms with Gasteiger partial charge in [-0.3, -0.25) is 20.4 Å². The summed E-state index contributed by atoms with van der Waals surface area (Å²) in [5.74, 6) is 0.424. The highest BCUT2D eigenvalue weighted by Gasteiger charge is 2.05. The molecule has 0 radical (unpaired) electrons. The molecule has 2 rings (SSSR count). The van der Waals surface area contributed by atoms with Gasteiger partial charge >= 0.3 is 0 Å². The third-order valence-corrected chi connectivity index (χ3v) is 3.81. The van der Waals surface area contributed by atoms with E-state index in [1.165, 1.54) is 6.92 Å². The number of benzene rings is 2. The van der Waals surface area contributed by atoms with Crippen molar-refractivity contribution in [2.24, 2.45) is 0 Å². The van der Waals surface area contributed by atoms with Gasteiger partial charge in [-0.15, -0.1) is 0 Å². The summed E-state index contributed by atoms with van der Waals surface area (Å²) in [5.41, 5.74) is 7.76. The average Bonchev–Trinajstić information content (AvgIpc) is 2.66. The Labute approximate surface area is 163 Å². The summed E-state index contributed by atoms with van der Waals surface area (Å²) < 4.78 is 5.11. The summed E-state index contributed by atoms with van der Waals surface area (Å²) in [6, 6.07) is 14.7. The normalized spacial score (nSPS) is 9.85. The Bertz CT molecular complexity index is 792. The van der Waals surface area contributed by atoms with Crippen LogP contribution in [0.1, 0.15) is 18.1 Å². The number of thiocarbonyl (C=S) groups is 1. The molecular weight excluding hydrogens is 364 g/mol. The van der Waals surface area contributed by atoms with Crippen molar-refractivity contribution in [2.45, 2.75) is 19.9 Å². The number of amides is 2. The lowest BCUT2D eigenvalue weighted by molar-refractivity contribution is -0.121. The number of hydrazine groups is 1. The molecule has 0 aliphatic rings. The number of hydrogen-bond acceptors (Lipinski definition) is 4. The molecule has 27 heavy (non-hydrogen) atoms. The third kappa shape index (κ3) is 7.33. The van der Waals surface area contributed by atoms with Crippen molar-refractivity contribution in [3.05, 3.63) is 59.7 Å². The Kier molecular flexibility index (Phi) is 7.57. The van der Waals surface area contributed by atoms with Crippen LogP contribution in [-0.4, -0.2) is 24.0 Å². The number of carbonyl (C=O) groups excluding carboxylic acids is 2. The van der Waals surface area contributed by atoms with Crippen LogP contribution in [0.25, 0.3) is 0 Å². The highest BCUT2D eigenvalue weighted by Crippen LogP contribution is 2.11. The molecule has 0 heterocycles. The lowest BCUT2D eigenvalue weighted by atomic mass is 10.1. The maximum atomic E-state index is 12.0. The van der Waals surface area contributed by atoms with Crippen molar-refractivity contribution in [1.82, 2.24) is 16.2 Å². The van der Waals surface area contributed by atoms with Gasteiger partial charge in [-0.25, -0.2) is 0 Å². The number of methoxy groups -OCH3 is 1. The molecule has 0 bridgehead atoms. The molecule has 0 saturated carbocycles. The number of rotatable bonds is 6. The van der Waals surface area contributed by atoms with Gasteiger partial charge in [0.15, 0.2) is 5.11 Å². The molecule has 4 N–H and O–H groups in total. The number of ether oxygens (including phenoxy) is 1. The third-order valence-electron chi connectivity index (χ3n) is 3.57. The lowest BCUT2D eigenvalue weighted by Gasteiger charge is -2.12. The second-order valence-electron chi connectivity index (χ2n) is 5.76. The zero-order valence-corrected chi connectivity index (χ0v) is 16.0. The first-order valence-electron chi connectivity index (χ1n) is 8.28. The van der Waals surface area contributed by atoms with Gasteiger partial charge in [0, 0.05) is 19.2 Å². The first-order valence-corrected chi connectivity index (χ1v) is 8.69. The molecule has 2 aromatic carbocycles. The molecule has 0 aliphatic carbocycles. The SMILES string of the molecule is COc1ccc(CNC(=S)NNC(=O)Cc2ccc(NC(C)=O)cc2)cc1. The molecule has 0 unspecified atom stereocenters. The molecule has 0 aliphatic heterocycles. The van der Waals surface area contributed by atoms with Crippen LogP contribution in [-0.2, 0) is 22.6 Å². The van der Waals surface area contributed by atoms with Crippen molar-refractivity contribution >= 4 is 34.8 Å². The van der Waals surface area contributed by atoms with Crippen LogP contribution < -0.4 is 26.2 Å². The predicted octanol–water partition coefficient (Wildman–Crippen LogP) is 1.89. The van der Waals surface area contributed by atoms with Gasteiger partial charge in [-0.2, -0.15) is 0 Å². The molecule has 2 amide bonds. The largest absolute Gasteiger partial charge is 0.497 e. The Hall–Kier alpha value is -3.13. The van der Waals surface area contributed by atoms with E-state index in [1.807, 2.05) is 24.3 Å². The van der Waals surface area contributed by atoms with Crippen LogP contribution in [0.5, 0.6) is 5.75 Å². The number of anilines is 1. The van der Waals surface area contributed by atoms with Crippen molar-refractivity contribution in [3.8, 4) is 5.75 Å². The predicted molar refractivity (Wildman–Crippen MR) is 108 cm³/mol. The van der Waals surface area contributed by atoms with Gasteiger partial charge in [0.2, 0.25) is 11.8 Å². The van der Waals surface area contributed by atoms with E-state index in [2.05, 4.69) is 21.5 Å². The molecule has 2 aromatic rings. The first kappa shape index (κ1) is 20.2. The van der Waals surface area contributed by atoms with E-state index < -0.39 is 0 Å². The van der Waals surface area contributed by atoms with Gasteiger partial charge in [0.25, 0.3) is 0 Å². The van der Waals surface area contributed by atoms with Crippen LogP contribution in [0, 0.1) is 0 Å². The molecule has 0 atom stereocenters. The summed E-state index contributed by atoms with van der Waals surface area (Å²) in [7, 11) is 1.62. The number of hydrogen-bond donors (Lipinski definition) is 4. The molecule has 0 spiro atoms. The fourth-order valence-electron chi connectivity index (χ4n) is 2.24. The quantitative estimate of drug-likeness (QED) is 0.448. The van der Waals surface area contributed by atoms with E-state index in [-0.39, 0.29) is 18.2 Å². The molecule has 0 aromatic heterocycles. The van der Waals surface area contributed by atoms with Crippen LogP contribution in [0.15, 0.2) is 48.5 Å². The average molecular weight is 386 g/mol. The van der Waals surface area contributed by atoms with Crippen molar-refractivity contribution in [1.29, 1.82) is 0 Å². The van der Waals surface area contributed by atoms with Crippen LogP contribution >= 0.6 is 12.2 Å². The highest BCUT2D eigenvalue weighted by molar-refractivity contribution is 7.80. The topological polar surface area (TPSA) is 91.5 Å². The minimum atomic E-state index is -0.226. The van der Waals surface area contributed by atoms with Gasteiger partial charge < -0.3 is 15.4 Å². The minimum absolute atomic E-state index is 0.139. The Balaban J connectivity index is 1.71. The summed E-state index contributed by atoms with van der Waals surface area (Å²) in [4.78, 5) is 23.0. The zero-order chi connectivity index (χ0) is 19.6. The lowest BCUT2D eigenvalue weighted by Crippen LogP contribution is -2.47. The summed E-state index contributed by atoms with van der Waals surface area (Å²) in [6.07, 6.45) is 0.189. The molecule has 8 heteroatoms. The summed E-state index contributed by atoms with van der Waals surface area (Å²) in [5, 5.41) is 6.00. The standard InChI is InChI=1S/C19H22N4O3S/c1-13(24)21-16-7-3-14(4-8-16)11-18(25)22-23-19(27)20-12-15-5-9-17(26-2)10-6-15/h3-10H,11-12H2,1-2H3,(H,21,24)(H,22,25)(H2,20,23,27). The fourth-order valence-corrected chi connectivity index (χ4v) is 2.36. The minimum Gasteiger partial charge on any atom is -0.497 e. The van der Waals surface area contributed by atoms with Gasteiger partial charge in [0.1, 0.15) is 5.75 Å². The van der Waals surface area contributed by atoms with Crippen LogP contribution in [0.2, 0.25) is 0 Å². The molecule has 7 nitrogen and oxygen atoms in total. The maximum Gasteiger partial charge on any atom is 0.242 e. The molecular formula is C19H22N4O3S. The fraction of sp³-hybridized carbons (Fsp3) is 0.211. The number of nitrogens with one attached hydrogen (secondary N) is 4. The van der Waals surface area contributed by atoms with Crippen LogP contribution in [0.3, 0.4) is 0 Å². The smallest absolute Gasteiger partial charge is 0.242 e. The first-order chi connectivity index (χ1) is 13.0. The molecule has 0 fully saturated rings. The Morgan fingerprint density at radius 1 is 0.963 bits per heavy atom. The Morgan fingerprint density at radius 3 is 2.19 bits per heavy atom. The Morgan fingerprint density at radius 2 is 1.59 bits per heavy atom. The van der Waals surface area contributed by atoms with E-state index in [1.54, 1.807) is 31.4 Å². The number of carbonyl (C=O) groups is 2. The molecule has 0 saturated heterocycles. The van der Waals surface area contributed by atoms with Crippen molar-refractivity contribution in [2.75, 3.05) is 12.4 Å². The van der Waals surface area contributed by atoms with Crippen molar-refractivity contribution in [3.63, 3.8) is 0 Å². The second-order valence-corrected chi connectivity index (χ2v) is 6.17. The van der Waals surface area contributed by atoms with Crippen molar-refractivity contribution < 1.29 is 14.3 Å². The van der Waals surface area contributed by atoms with E-state index in [4.69, 9.17) is 17.0 Å². The van der Waals surface area contributed by atoms with Gasteiger partial charge in [-0.1, -0.05) is 24.3 Å². The van der Waals surface area contributed by atoms with E-state index in [0.29, 0.717) is 17.3 Å². The monoisotopic (exact) mass is 386 g/mol. The zero-order valence-electron chi connectivity index (χ0n) is 15.2. The maximum absolute atomic E-state index is 12.0. The van der Waals surface area contributed by atoms with Crippen LogP contribution in [0.4, 0.5) is 5.69 Å². The highest BCUT2D eigenvalue weighted by atomic mass is 32.1. The van der Waals surface area contributed by atoms with E-state index in [0.717, 1.165) is 16.9 Å². The van der Waals surface area contributed by atoms with E-state index in [9.17, 15) is 9.59 Å². The van der Waals surface area contributed by atoms with Gasteiger partial charge in [0.05, 0.1) is 13.5 Å². The summed E-state index contributed by atoms with van der Waals surface area (Å²) in [6.45, 7) is 1.97. The summed E-state index contributed by atoms with van der Waals surface area (Å²) >= 11 is 5.14.